The first-order valence-electron chi connectivity index (χ1n) is 10.2. The number of nitrogens with zero attached hydrogens (tertiary/aromatic N) is 3. The van der Waals surface area contributed by atoms with Crippen molar-refractivity contribution in [1.82, 2.24) is 19.8 Å². The zero-order valence-corrected chi connectivity index (χ0v) is 19.3. The third kappa shape index (κ3) is 5.79. The summed E-state index contributed by atoms with van der Waals surface area (Å²) in [4.78, 5) is 28.3. The van der Waals surface area contributed by atoms with E-state index in [1.807, 2.05) is 58.9 Å². The fraction of sp³-hybridized carbons (Fsp3) is 0.391. The minimum absolute atomic E-state index is 0.214. The number of amides is 2. The smallest absolute Gasteiger partial charge is 0.276 e. The van der Waals surface area contributed by atoms with Crippen molar-refractivity contribution < 1.29 is 14.0 Å². The number of aryl methyl sites for hydroxylation is 2. The lowest BCUT2D eigenvalue weighted by Crippen LogP contribution is -2.49. The average Bonchev–Trinajstić information content (AvgIpc) is 3.36. The predicted octanol–water partition coefficient (Wildman–Crippen LogP) is 4.09. The van der Waals surface area contributed by atoms with Crippen LogP contribution in [0.2, 0.25) is 0 Å². The molecular weight excluding hydrogens is 412 g/mol. The minimum Gasteiger partial charge on any atom is -0.464 e. The maximum absolute atomic E-state index is 13.4. The zero-order chi connectivity index (χ0) is 22.6. The molecular formula is C23H28N4O3S. The number of carbonyl (C=O) groups is 2. The Morgan fingerprint density at radius 2 is 1.90 bits per heavy atom. The molecule has 2 aromatic heterocycles. The molecule has 0 saturated heterocycles. The van der Waals surface area contributed by atoms with Gasteiger partial charge in [-0.2, -0.15) is 0 Å². The van der Waals surface area contributed by atoms with Gasteiger partial charge in [0.1, 0.15) is 11.5 Å². The number of hydrogen-bond acceptors (Lipinski definition) is 6. The van der Waals surface area contributed by atoms with Crippen LogP contribution >= 0.6 is 11.5 Å². The van der Waals surface area contributed by atoms with Crippen LogP contribution in [0.4, 0.5) is 0 Å². The van der Waals surface area contributed by atoms with E-state index in [1.165, 1.54) is 4.90 Å². The third-order valence-corrected chi connectivity index (χ3v) is 5.32. The van der Waals surface area contributed by atoms with Crippen LogP contribution in [-0.4, -0.2) is 38.4 Å². The topological polar surface area (TPSA) is 88.3 Å². The second-order valence-corrected chi connectivity index (χ2v) is 9.17. The van der Waals surface area contributed by atoms with Crippen LogP contribution in [0.25, 0.3) is 0 Å². The zero-order valence-electron chi connectivity index (χ0n) is 18.5. The number of rotatable bonds is 7. The van der Waals surface area contributed by atoms with Crippen molar-refractivity contribution in [2.75, 3.05) is 6.54 Å². The molecule has 1 atom stereocenters. The van der Waals surface area contributed by atoms with E-state index in [2.05, 4.69) is 14.9 Å². The normalized spacial score (nSPS) is 12.4. The van der Waals surface area contributed by atoms with Crippen LogP contribution in [0.3, 0.4) is 0 Å². The molecule has 0 saturated carbocycles. The van der Waals surface area contributed by atoms with Gasteiger partial charge in [0.05, 0.1) is 0 Å². The monoisotopic (exact) mass is 440 g/mol. The highest BCUT2D eigenvalue weighted by atomic mass is 32.1. The second-order valence-electron chi connectivity index (χ2n) is 8.56. The van der Waals surface area contributed by atoms with Gasteiger partial charge in [-0.25, -0.2) is 0 Å². The number of benzene rings is 1. The Bertz CT molecular complexity index is 1040. The van der Waals surface area contributed by atoms with E-state index in [9.17, 15) is 9.59 Å². The van der Waals surface area contributed by atoms with E-state index < -0.39 is 11.6 Å². The van der Waals surface area contributed by atoms with Gasteiger partial charge in [0.15, 0.2) is 11.7 Å². The quantitative estimate of drug-likeness (QED) is 0.598. The molecule has 164 valence electrons. The van der Waals surface area contributed by atoms with Crippen molar-refractivity contribution in [3.05, 3.63) is 70.1 Å². The maximum Gasteiger partial charge on any atom is 0.276 e. The van der Waals surface area contributed by atoms with Crippen molar-refractivity contribution in [1.29, 1.82) is 0 Å². The number of furan rings is 1. The SMILES string of the molecule is Cc1ccc([C@@H](C(=O)NC(C)(C)C)N(CCc2ccccc2C)C(=O)c2csnn2)o1. The Hall–Kier alpha value is -3.00. The Kier molecular flexibility index (Phi) is 6.90. The standard InChI is InChI=1S/C23H28N4O3S/c1-15-8-6-7-9-17(15)12-13-27(22(29)18-14-31-26-25-18)20(19-11-10-16(2)30-19)21(28)24-23(3,4)5/h6-11,14,20H,12-13H2,1-5H3,(H,24,28)/t20-/m0/s1. The molecule has 3 rings (SSSR count). The molecule has 2 heterocycles. The molecule has 8 heteroatoms. The molecule has 0 bridgehead atoms. The van der Waals surface area contributed by atoms with Crippen molar-refractivity contribution in [3.8, 4) is 0 Å². The summed E-state index contributed by atoms with van der Waals surface area (Å²) in [5, 5.41) is 8.52. The molecule has 31 heavy (non-hydrogen) atoms. The summed E-state index contributed by atoms with van der Waals surface area (Å²) in [6.07, 6.45) is 0.592. The highest BCUT2D eigenvalue weighted by Gasteiger charge is 2.36. The molecule has 0 aliphatic heterocycles. The van der Waals surface area contributed by atoms with Gasteiger partial charge in [0.2, 0.25) is 0 Å². The third-order valence-electron chi connectivity index (χ3n) is 4.81. The fourth-order valence-electron chi connectivity index (χ4n) is 3.35. The summed E-state index contributed by atoms with van der Waals surface area (Å²) < 4.78 is 9.64. The van der Waals surface area contributed by atoms with Crippen LogP contribution in [0.1, 0.15) is 59.9 Å². The predicted molar refractivity (Wildman–Crippen MR) is 120 cm³/mol. The van der Waals surface area contributed by atoms with Gasteiger partial charge >= 0.3 is 0 Å². The molecule has 0 fully saturated rings. The lowest BCUT2D eigenvalue weighted by Gasteiger charge is -2.32. The van der Waals surface area contributed by atoms with Crippen LogP contribution in [-0.2, 0) is 11.2 Å². The Balaban J connectivity index is 2.00. The molecule has 3 aromatic rings. The lowest BCUT2D eigenvalue weighted by molar-refractivity contribution is -0.128. The van der Waals surface area contributed by atoms with Crippen molar-refractivity contribution >= 4 is 23.3 Å². The van der Waals surface area contributed by atoms with Gasteiger partial charge < -0.3 is 14.6 Å². The van der Waals surface area contributed by atoms with Crippen molar-refractivity contribution in [3.63, 3.8) is 0 Å². The molecule has 1 N–H and O–H groups in total. The van der Waals surface area contributed by atoms with Gasteiger partial charge in [-0.15, -0.1) is 5.10 Å². The molecule has 0 aliphatic rings. The van der Waals surface area contributed by atoms with E-state index >= 15 is 0 Å². The van der Waals surface area contributed by atoms with Crippen LogP contribution in [0, 0.1) is 13.8 Å². The van der Waals surface area contributed by atoms with Crippen LogP contribution in [0.5, 0.6) is 0 Å². The molecule has 0 aliphatic carbocycles. The van der Waals surface area contributed by atoms with E-state index in [0.717, 1.165) is 22.7 Å². The van der Waals surface area contributed by atoms with Gasteiger partial charge in [-0.05, 0) is 75.8 Å². The number of hydrogen-bond donors (Lipinski definition) is 1. The van der Waals surface area contributed by atoms with E-state index in [-0.39, 0.29) is 17.5 Å². The van der Waals surface area contributed by atoms with Crippen molar-refractivity contribution in [2.45, 2.75) is 52.6 Å². The largest absolute Gasteiger partial charge is 0.464 e. The molecule has 0 radical (unpaired) electrons. The summed E-state index contributed by atoms with van der Waals surface area (Å²) in [5.74, 6) is 0.430. The maximum atomic E-state index is 13.4. The van der Waals surface area contributed by atoms with E-state index in [1.54, 1.807) is 17.5 Å². The van der Waals surface area contributed by atoms with Gasteiger partial charge in [0, 0.05) is 17.5 Å². The summed E-state index contributed by atoms with van der Waals surface area (Å²) in [6.45, 7) is 9.87. The fourth-order valence-corrected chi connectivity index (χ4v) is 3.78. The number of aromatic nitrogens is 2. The van der Waals surface area contributed by atoms with E-state index in [4.69, 9.17) is 4.42 Å². The second kappa shape index (κ2) is 9.43. The molecule has 0 spiro atoms. The average molecular weight is 441 g/mol. The molecule has 7 nitrogen and oxygen atoms in total. The number of nitrogens with one attached hydrogen (secondary N) is 1. The van der Waals surface area contributed by atoms with Gasteiger partial charge in [-0.1, -0.05) is 28.8 Å². The first-order valence-corrected chi connectivity index (χ1v) is 11.0. The summed E-state index contributed by atoms with van der Waals surface area (Å²) in [5.41, 5.74) is 1.99. The molecule has 1 aromatic carbocycles. The number of carbonyl (C=O) groups excluding carboxylic acids is 2. The first-order chi connectivity index (χ1) is 14.7. The summed E-state index contributed by atoms with van der Waals surface area (Å²) >= 11 is 1.10. The first kappa shape index (κ1) is 22.7. The highest BCUT2D eigenvalue weighted by Crippen LogP contribution is 2.27. The lowest BCUT2D eigenvalue weighted by atomic mass is 10.0. The summed E-state index contributed by atoms with van der Waals surface area (Å²) in [6, 6.07) is 10.6. The van der Waals surface area contributed by atoms with Crippen LogP contribution in [0.15, 0.2) is 46.2 Å². The minimum atomic E-state index is -0.925. The van der Waals surface area contributed by atoms with Gasteiger partial charge in [0.25, 0.3) is 11.8 Å². The van der Waals surface area contributed by atoms with Crippen molar-refractivity contribution in [2.24, 2.45) is 0 Å². The molecule has 0 unspecified atom stereocenters. The summed E-state index contributed by atoms with van der Waals surface area (Å²) in [7, 11) is 0. The Labute approximate surface area is 186 Å². The highest BCUT2D eigenvalue weighted by molar-refractivity contribution is 7.03. The molecule has 2 amide bonds. The Morgan fingerprint density at radius 1 is 1.16 bits per heavy atom. The Morgan fingerprint density at radius 3 is 2.48 bits per heavy atom. The van der Waals surface area contributed by atoms with E-state index in [0.29, 0.717) is 24.5 Å². The van der Waals surface area contributed by atoms with Crippen LogP contribution < -0.4 is 5.32 Å². The van der Waals surface area contributed by atoms with Gasteiger partial charge in [-0.3, -0.25) is 9.59 Å².